The second kappa shape index (κ2) is 11.6. The first kappa shape index (κ1) is 28.1. The fourth-order valence-electron chi connectivity index (χ4n) is 4.12. The molecule has 0 aromatic carbocycles. The van der Waals surface area contributed by atoms with Crippen molar-refractivity contribution in [2.75, 3.05) is 29.2 Å². The van der Waals surface area contributed by atoms with E-state index in [0.29, 0.717) is 17.1 Å². The number of carbonyl (C=O) groups is 4. The highest BCUT2D eigenvalue weighted by Gasteiger charge is 2.54. The van der Waals surface area contributed by atoms with Crippen molar-refractivity contribution in [2.45, 2.75) is 21.0 Å². The molecular formula is C22H22N7O7S4+. The lowest BCUT2D eigenvalue weighted by Gasteiger charge is -2.49. The van der Waals surface area contributed by atoms with Gasteiger partial charge in [-0.25, -0.2) is 19.1 Å². The second-order valence-electron chi connectivity index (χ2n) is 8.53. The third kappa shape index (κ3) is 5.56. The number of carboxylic acids is 2. The number of pyridine rings is 1. The maximum atomic E-state index is 13.1. The number of nitrogens with one attached hydrogen (secondary N) is 2. The molecule has 2 unspecified atom stereocenters. The van der Waals surface area contributed by atoms with Gasteiger partial charge in [-0.05, 0) is 17.7 Å². The van der Waals surface area contributed by atoms with E-state index in [1.54, 1.807) is 11.8 Å². The van der Waals surface area contributed by atoms with Crippen LogP contribution in [0.25, 0.3) is 0 Å². The van der Waals surface area contributed by atoms with E-state index in [-0.39, 0.29) is 26.9 Å². The van der Waals surface area contributed by atoms with E-state index in [4.69, 9.17) is 15.7 Å². The van der Waals surface area contributed by atoms with Crippen LogP contribution in [0.1, 0.15) is 5.69 Å². The van der Waals surface area contributed by atoms with Crippen molar-refractivity contribution in [3.05, 3.63) is 40.7 Å². The molecule has 18 heteroatoms. The maximum Gasteiger partial charge on any atom is 0.352 e. The van der Waals surface area contributed by atoms with Gasteiger partial charge in [-0.3, -0.25) is 19.8 Å². The first-order chi connectivity index (χ1) is 19.1. The van der Waals surface area contributed by atoms with Crippen molar-refractivity contribution in [3.63, 3.8) is 0 Å². The van der Waals surface area contributed by atoms with E-state index >= 15 is 0 Å². The fraction of sp³-hybridized carbons (Fsp3) is 0.318. The van der Waals surface area contributed by atoms with E-state index in [2.05, 4.69) is 20.8 Å². The normalized spacial score (nSPS) is 21.7. The van der Waals surface area contributed by atoms with E-state index < -0.39 is 41.8 Å². The number of carboxylic acid groups (broad SMARTS) is 2. The maximum absolute atomic E-state index is 13.1. The summed E-state index contributed by atoms with van der Waals surface area (Å²) >= 11 is 5.56. The third-order valence-electron chi connectivity index (χ3n) is 5.90. The van der Waals surface area contributed by atoms with Gasteiger partial charge in [-0.2, -0.15) is 0 Å². The Labute approximate surface area is 243 Å². The summed E-state index contributed by atoms with van der Waals surface area (Å²) in [6.45, 7) is -0.794. The number of thioether (sulfide) groups is 3. The molecule has 5 rings (SSSR count). The van der Waals surface area contributed by atoms with Gasteiger partial charge in [0.1, 0.15) is 27.7 Å². The smallest absolute Gasteiger partial charge is 0.352 e. The summed E-state index contributed by atoms with van der Waals surface area (Å²) in [5.74, 6) is -2.19. The highest BCUT2D eigenvalue weighted by Crippen LogP contribution is 2.44. The van der Waals surface area contributed by atoms with E-state index in [1.165, 1.54) is 33.8 Å². The van der Waals surface area contributed by atoms with Crippen LogP contribution in [0.2, 0.25) is 0 Å². The molecule has 6 N–H and O–H groups in total. The molecule has 0 saturated carbocycles. The SMILES string of the molecule is C[n+]1cccc2c1NC(SCC1=C(C(=O)O)N3C(=O)C(NC(=O)/C(=N\OCC(=O)O)c4csc(N)n4)[C@H]3SC1)S2. The molecule has 3 aliphatic rings. The summed E-state index contributed by atoms with van der Waals surface area (Å²) in [4.78, 5) is 60.1. The highest BCUT2D eigenvalue weighted by molar-refractivity contribution is 8.17. The monoisotopic (exact) mass is 624 g/mol. The molecule has 2 aromatic heterocycles. The average molecular weight is 625 g/mol. The zero-order chi connectivity index (χ0) is 28.6. The van der Waals surface area contributed by atoms with Crippen molar-refractivity contribution in [2.24, 2.45) is 12.2 Å². The van der Waals surface area contributed by atoms with Gasteiger partial charge in [0.2, 0.25) is 6.61 Å². The van der Waals surface area contributed by atoms with E-state index in [1.807, 2.05) is 29.9 Å². The largest absolute Gasteiger partial charge is 0.479 e. The molecule has 1 fully saturated rings. The Kier molecular flexibility index (Phi) is 8.11. The number of carbonyl (C=O) groups excluding carboxylic acids is 2. The molecule has 3 aliphatic heterocycles. The molecule has 5 heterocycles. The van der Waals surface area contributed by atoms with Gasteiger partial charge in [-0.1, -0.05) is 28.7 Å². The Morgan fingerprint density at radius 1 is 1.40 bits per heavy atom. The molecule has 0 radical (unpaired) electrons. The van der Waals surface area contributed by atoms with Crippen LogP contribution in [0.4, 0.5) is 10.9 Å². The highest BCUT2D eigenvalue weighted by atomic mass is 32.2. The molecule has 2 aromatic rings. The van der Waals surface area contributed by atoms with E-state index in [9.17, 15) is 24.3 Å². The number of aliphatic carboxylic acids is 2. The fourth-order valence-corrected chi connectivity index (χ4v) is 8.59. The first-order valence-electron chi connectivity index (χ1n) is 11.5. The van der Waals surface area contributed by atoms with Gasteiger partial charge >= 0.3 is 11.9 Å². The van der Waals surface area contributed by atoms with Gasteiger partial charge in [0.25, 0.3) is 17.6 Å². The van der Waals surface area contributed by atoms with Gasteiger partial charge < -0.3 is 26.1 Å². The molecule has 0 bridgehead atoms. The van der Waals surface area contributed by atoms with Gasteiger partial charge in [-0.15, -0.1) is 23.1 Å². The summed E-state index contributed by atoms with van der Waals surface area (Å²) in [7, 11) is 1.94. The number of anilines is 2. The van der Waals surface area contributed by atoms with Crippen molar-refractivity contribution >= 4 is 87.0 Å². The number of hydrogen-bond donors (Lipinski definition) is 5. The van der Waals surface area contributed by atoms with Crippen molar-refractivity contribution < 1.29 is 38.8 Å². The van der Waals surface area contributed by atoms with Crippen LogP contribution in [0.5, 0.6) is 0 Å². The van der Waals surface area contributed by atoms with Crippen LogP contribution in [0, 0.1) is 0 Å². The summed E-state index contributed by atoms with van der Waals surface area (Å²) in [5, 5.41) is 29.3. The molecule has 0 spiro atoms. The van der Waals surface area contributed by atoms with Crippen LogP contribution in [-0.2, 0) is 31.1 Å². The molecular weight excluding hydrogens is 603 g/mol. The number of oxime groups is 1. The lowest BCUT2D eigenvalue weighted by atomic mass is 10.0. The lowest BCUT2D eigenvalue weighted by Crippen LogP contribution is -2.71. The number of rotatable bonds is 10. The van der Waals surface area contributed by atoms with Crippen LogP contribution in [-0.4, -0.2) is 83.8 Å². The summed E-state index contributed by atoms with van der Waals surface area (Å²) < 4.78 is 1.96. The number of aryl methyl sites for hydroxylation is 1. The minimum absolute atomic E-state index is 0.0196. The predicted molar refractivity (Wildman–Crippen MR) is 150 cm³/mol. The zero-order valence-electron chi connectivity index (χ0n) is 20.6. The topological polar surface area (TPSA) is 200 Å². The number of nitrogen functional groups attached to an aromatic ring is 1. The molecule has 40 heavy (non-hydrogen) atoms. The Morgan fingerprint density at radius 3 is 2.88 bits per heavy atom. The predicted octanol–water partition coefficient (Wildman–Crippen LogP) is 0.328. The number of fused-ring (bicyclic) bond motifs is 2. The van der Waals surface area contributed by atoms with Crippen molar-refractivity contribution in [3.8, 4) is 0 Å². The van der Waals surface area contributed by atoms with Crippen molar-refractivity contribution in [1.82, 2.24) is 15.2 Å². The summed E-state index contributed by atoms with van der Waals surface area (Å²) in [5.41, 5.74) is 5.87. The standard InChI is InChI=1S/C22H21N7O7S4/c1-28-4-2-3-11-16(28)26-22(40-11)39-7-9-6-37-19-14(18(33)29(19)15(9)20(34)35)25-17(32)13(27-36-5-12(30)31)10-8-38-21(23)24-10/h2-4,8,14,19,22H,5-7H2,1H3,(H5,23,24,25,30,31,32,34,35)/p+1/b27-13-/t14?,19-,22?/m1/s1. The third-order valence-corrected chi connectivity index (χ3v) is 10.5. The van der Waals surface area contributed by atoms with Crippen LogP contribution < -0.4 is 20.9 Å². The number of aromatic nitrogens is 2. The van der Waals surface area contributed by atoms with Crippen LogP contribution in [0.3, 0.4) is 0 Å². The first-order valence-corrected chi connectivity index (χ1v) is 15.4. The second-order valence-corrected chi connectivity index (χ2v) is 13.1. The minimum Gasteiger partial charge on any atom is -0.479 e. The Balaban J connectivity index is 1.27. The van der Waals surface area contributed by atoms with Gasteiger partial charge in [0.05, 0.1) is 13.2 Å². The number of β-lactam (4-membered cyclic amide) rings is 1. The van der Waals surface area contributed by atoms with Crippen LogP contribution >= 0.6 is 46.6 Å². The number of nitrogens with zero attached hydrogens (tertiary/aromatic N) is 4. The Morgan fingerprint density at radius 2 is 2.20 bits per heavy atom. The summed E-state index contributed by atoms with van der Waals surface area (Å²) in [6, 6.07) is 2.95. The quantitative estimate of drug-likeness (QED) is 0.105. The number of hydrogen-bond acceptors (Lipinski definition) is 13. The Bertz CT molecular complexity index is 1460. The average Bonchev–Trinajstić information content (AvgIpc) is 3.54. The van der Waals surface area contributed by atoms with Crippen molar-refractivity contribution in [1.29, 1.82) is 0 Å². The molecule has 14 nitrogen and oxygen atoms in total. The molecule has 210 valence electrons. The van der Waals surface area contributed by atoms with E-state index in [0.717, 1.165) is 22.1 Å². The molecule has 3 atom stereocenters. The Hall–Kier alpha value is -3.48. The van der Waals surface area contributed by atoms with Gasteiger partial charge in [0, 0.05) is 16.9 Å². The van der Waals surface area contributed by atoms with Crippen LogP contribution in [0.15, 0.2) is 45.0 Å². The zero-order valence-corrected chi connectivity index (χ0v) is 23.9. The number of amides is 2. The minimum atomic E-state index is -1.30. The number of thiazole rings is 1. The molecule has 2 amide bonds. The molecule has 0 aliphatic carbocycles. The van der Waals surface area contributed by atoms with Gasteiger partial charge in [0.15, 0.2) is 15.5 Å². The molecule has 1 saturated heterocycles. The lowest BCUT2D eigenvalue weighted by molar-refractivity contribution is -0.658. The number of nitrogens with two attached hydrogens (primary N) is 1. The summed E-state index contributed by atoms with van der Waals surface area (Å²) in [6.07, 6.45) is 1.94.